The van der Waals surface area contributed by atoms with E-state index in [1.165, 1.54) is 0 Å². The van der Waals surface area contributed by atoms with Gasteiger partial charge in [0, 0.05) is 16.5 Å². The van der Waals surface area contributed by atoms with Crippen LogP contribution in [0.4, 0.5) is 0 Å². The number of aromatic hydroxyl groups is 2. The first-order chi connectivity index (χ1) is 11.1. The van der Waals surface area contributed by atoms with Crippen LogP contribution in [0.5, 0.6) is 11.5 Å². The van der Waals surface area contributed by atoms with Crippen LogP contribution in [0, 0.1) is 6.92 Å². The molecule has 0 aromatic heterocycles. The van der Waals surface area contributed by atoms with Crippen molar-refractivity contribution in [1.29, 1.82) is 0 Å². The van der Waals surface area contributed by atoms with Crippen molar-refractivity contribution in [3.63, 3.8) is 0 Å². The molecule has 0 saturated carbocycles. The van der Waals surface area contributed by atoms with Crippen LogP contribution in [0.1, 0.15) is 28.2 Å². The smallest absolute Gasteiger partial charge is 0.120 e. The average Bonchev–Trinajstić information content (AvgIpc) is 2.55. The molecule has 0 saturated heterocycles. The molecule has 0 aliphatic carbocycles. The second-order valence-electron chi connectivity index (χ2n) is 5.59. The fourth-order valence-electron chi connectivity index (χ4n) is 2.78. The van der Waals surface area contributed by atoms with E-state index in [0.717, 1.165) is 11.1 Å². The summed E-state index contributed by atoms with van der Waals surface area (Å²) in [5, 5.41) is 21.2. The molecule has 1 atom stereocenters. The van der Waals surface area contributed by atoms with E-state index in [1.54, 1.807) is 19.1 Å². The predicted octanol–water partition coefficient (Wildman–Crippen LogP) is 5.24. The quantitative estimate of drug-likeness (QED) is 0.511. The Labute approximate surface area is 140 Å². The van der Waals surface area contributed by atoms with Crippen LogP contribution < -0.4 is 0 Å². The molecular weight excluding hydrogens is 308 g/mol. The highest BCUT2D eigenvalue weighted by molar-refractivity contribution is 6.30. The van der Waals surface area contributed by atoms with E-state index in [4.69, 9.17) is 11.6 Å². The van der Waals surface area contributed by atoms with Gasteiger partial charge in [-0.15, -0.1) is 0 Å². The van der Waals surface area contributed by atoms with Crippen molar-refractivity contribution >= 4 is 11.6 Å². The second kappa shape index (κ2) is 6.35. The van der Waals surface area contributed by atoms with Gasteiger partial charge < -0.3 is 10.2 Å². The summed E-state index contributed by atoms with van der Waals surface area (Å²) in [6.07, 6.45) is 0. The molecule has 3 rings (SSSR count). The molecule has 0 aliphatic heterocycles. The number of hydrogen-bond donors (Lipinski definition) is 2. The molecule has 0 radical (unpaired) electrons. The third-order valence-electron chi connectivity index (χ3n) is 3.99. The molecule has 23 heavy (non-hydrogen) atoms. The molecule has 1 unspecified atom stereocenters. The first kappa shape index (κ1) is 15.4. The highest BCUT2D eigenvalue weighted by Crippen LogP contribution is 2.39. The van der Waals surface area contributed by atoms with Crippen LogP contribution in [0.25, 0.3) is 0 Å². The molecule has 3 aromatic rings. The molecule has 0 fully saturated rings. The Hall–Kier alpha value is -2.45. The summed E-state index contributed by atoms with van der Waals surface area (Å²) >= 11 is 6.00. The van der Waals surface area contributed by atoms with E-state index in [1.807, 2.05) is 54.6 Å². The molecule has 116 valence electrons. The number of phenols is 2. The molecule has 0 spiro atoms. The lowest BCUT2D eigenvalue weighted by molar-refractivity contribution is 0.450. The standard InChI is InChI=1S/C20H17ClO2/c1-13-11-19(23)17(12-18(13)22)20(14-5-3-2-4-6-14)15-7-9-16(21)10-8-15/h2-12,20,22-23H,1H3. The zero-order chi connectivity index (χ0) is 16.4. The Balaban J connectivity index is 2.20. The van der Waals surface area contributed by atoms with E-state index < -0.39 is 0 Å². The molecule has 0 bridgehead atoms. The topological polar surface area (TPSA) is 40.5 Å². The van der Waals surface area contributed by atoms with Crippen molar-refractivity contribution in [2.75, 3.05) is 0 Å². The lowest BCUT2D eigenvalue weighted by atomic mass is 9.84. The van der Waals surface area contributed by atoms with Gasteiger partial charge in [0.25, 0.3) is 0 Å². The van der Waals surface area contributed by atoms with Crippen LogP contribution in [-0.2, 0) is 0 Å². The van der Waals surface area contributed by atoms with E-state index in [0.29, 0.717) is 16.1 Å². The molecule has 0 aliphatic rings. The number of halogens is 1. The lowest BCUT2D eigenvalue weighted by Gasteiger charge is -2.21. The zero-order valence-corrected chi connectivity index (χ0v) is 13.5. The first-order valence-electron chi connectivity index (χ1n) is 7.39. The fraction of sp³-hybridized carbons (Fsp3) is 0.100. The molecule has 2 nitrogen and oxygen atoms in total. The van der Waals surface area contributed by atoms with Gasteiger partial charge in [-0.25, -0.2) is 0 Å². The number of phenolic OH excluding ortho intramolecular Hbond substituents is 2. The summed E-state index contributed by atoms with van der Waals surface area (Å²) in [6, 6.07) is 20.7. The van der Waals surface area contributed by atoms with Crippen molar-refractivity contribution in [1.82, 2.24) is 0 Å². The highest BCUT2D eigenvalue weighted by Gasteiger charge is 2.21. The molecule has 3 heteroatoms. The normalized spacial score (nSPS) is 12.1. The summed E-state index contributed by atoms with van der Waals surface area (Å²) < 4.78 is 0. The number of aryl methyl sites for hydroxylation is 1. The van der Waals surface area contributed by atoms with Gasteiger partial charge >= 0.3 is 0 Å². The molecule has 0 heterocycles. The molecule has 3 aromatic carbocycles. The van der Waals surface area contributed by atoms with Crippen LogP contribution in [0.15, 0.2) is 66.7 Å². The van der Waals surface area contributed by atoms with Crippen LogP contribution in [0.3, 0.4) is 0 Å². The van der Waals surface area contributed by atoms with Crippen LogP contribution in [0.2, 0.25) is 5.02 Å². The van der Waals surface area contributed by atoms with Gasteiger partial charge in [0.2, 0.25) is 0 Å². The maximum atomic E-state index is 10.4. The molecular formula is C20H17ClO2. The zero-order valence-electron chi connectivity index (χ0n) is 12.7. The summed E-state index contributed by atoms with van der Waals surface area (Å²) in [5.74, 6) is 0.164. The number of benzene rings is 3. The third-order valence-corrected chi connectivity index (χ3v) is 4.24. The lowest BCUT2D eigenvalue weighted by Crippen LogP contribution is -2.04. The van der Waals surface area contributed by atoms with Gasteiger partial charge in [0.1, 0.15) is 11.5 Å². The Morgan fingerprint density at radius 3 is 2.04 bits per heavy atom. The van der Waals surface area contributed by atoms with E-state index in [-0.39, 0.29) is 17.4 Å². The van der Waals surface area contributed by atoms with Crippen LogP contribution >= 0.6 is 11.6 Å². The summed E-state index contributed by atoms with van der Waals surface area (Å²) in [5.41, 5.74) is 3.35. The van der Waals surface area contributed by atoms with Gasteiger partial charge in [0.05, 0.1) is 0 Å². The summed E-state index contributed by atoms with van der Waals surface area (Å²) in [4.78, 5) is 0. The number of rotatable bonds is 3. The van der Waals surface area contributed by atoms with Gasteiger partial charge in [0.15, 0.2) is 0 Å². The number of hydrogen-bond acceptors (Lipinski definition) is 2. The first-order valence-corrected chi connectivity index (χ1v) is 7.77. The van der Waals surface area contributed by atoms with Gasteiger partial charge in [-0.1, -0.05) is 54.1 Å². The maximum Gasteiger partial charge on any atom is 0.120 e. The SMILES string of the molecule is Cc1cc(O)c(C(c2ccccc2)c2ccc(Cl)cc2)cc1O. The van der Waals surface area contributed by atoms with Crippen molar-refractivity contribution in [2.24, 2.45) is 0 Å². The Bertz CT molecular complexity index is 811. The van der Waals surface area contributed by atoms with E-state index >= 15 is 0 Å². The molecule has 2 N–H and O–H groups in total. The van der Waals surface area contributed by atoms with Crippen LogP contribution in [-0.4, -0.2) is 10.2 Å². The second-order valence-corrected chi connectivity index (χ2v) is 6.03. The maximum absolute atomic E-state index is 10.4. The fourth-order valence-corrected chi connectivity index (χ4v) is 2.91. The van der Waals surface area contributed by atoms with Gasteiger partial charge in [-0.3, -0.25) is 0 Å². The van der Waals surface area contributed by atoms with E-state index in [2.05, 4.69) is 0 Å². The largest absolute Gasteiger partial charge is 0.508 e. The Morgan fingerprint density at radius 1 is 0.783 bits per heavy atom. The Morgan fingerprint density at radius 2 is 1.39 bits per heavy atom. The minimum absolute atomic E-state index is 0.170. The third kappa shape index (κ3) is 3.17. The summed E-state index contributed by atoms with van der Waals surface area (Å²) in [7, 11) is 0. The van der Waals surface area contributed by atoms with Crippen molar-refractivity contribution in [3.8, 4) is 11.5 Å². The summed E-state index contributed by atoms with van der Waals surface area (Å²) in [6.45, 7) is 1.76. The van der Waals surface area contributed by atoms with Crippen molar-refractivity contribution in [2.45, 2.75) is 12.8 Å². The van der Waals surface area contributed by atoms with Gasteiger partial charge in [-0.05, 0) is 47.9 Å². The van der Waals surface area contributed by atoms with E-state index in [9.17, 15) is 10.2 Å². The predicted molar refractivity (Wildman–Crippen MR) is 93.3 cm³/mol. The minimum atomic E-state index is -0.181. The monoisotopic (exact) mass is 324 g/mol. The Kier molecular flexibility index (Phi) is 4.26. The average molecular weight is 325 g/mol. The van der Waals surface area contributed by atoms with Crippen molar-refractivity contribution in [3.05, 3.63) is 94.0 Å². The minimum Gasteiger partial charge on any atom is -0.508 e. The highest BCUT2D eigenvalue weighted by atomic mass is 35.5. The van der Waals surface area contributed by atoms with Gasteiger partial charge in [-0.2, -0.15) is 0 Å². The molecule has 0 amide bonds. The van der Waals surface area contributed by atoms with Crippen molar-refractivity contribution < 1.29 is 10.2 Å².